The van der Waals surface area contributed by atoms with E-state index in [1.807, 2.05) is 48.5 Å². The summed E-state index contributed by atoms with van der Waals surface area (Å²) in [5.74, 6) is 1.50. The number of hydrogen-bond donors (Lipinski definition) is 2. The third kappa shape index (κ3) is 7.69. The number of anilines is 3. The van der Waals surface area contributed by atoms with Crippen LogP contribution in [-0.2, 0) is 0 Å². The zero-order valence-corrected chi connectivity index (χ0v) is 20.6. The molecule has 0 fully saturated rings. The van der Waals surface area contributed by atoms with Crippen molar-refractivity contribution in [2.75, 3.05) is 42.7 Å². The van der Waals surface area contributed by atoms with Gasteiger partial charge < -0.3 is 25.8 Å². The summed E-state index contributed by atoms with van der Waals surface area (Å²) in [5.41, 5.74) is 15.0. The van der Waals surface area contributed by atoms with Crippen molar-refractivity contribution in [2.24, 2.45) is 10.2 Å². The molecule has 0 unspecified atom stereocenters. The van der Waals surface area contributed by atoms with E-state index in [9.17, 15) is 10.1 Å². The Labute approximate surface area is 220 Å². The molecule has 0 radical (unpaired) electrons. The molecule has 4 aromatic carbocycles. The summed E-state index contributed by atoms with van der Waals surface area (Å²) in [5, 5.41) is 19.2. The molecule has 0 amide bonds. The first-order valence-electron chi connectivity index (χ1n) is 11.9. The average Bonchev–Trinajstić information content (AvgIpc) is 2.94. The van der Waals surface area contributed by atoms with Crippen molar-refractivity contribution in [1.82, 2.24) is 0 Å². The van der Waals surface area contributed by atoms with Crippen molar-refractivity contribution >= 4 is 34.1 Å². The van der Waals surface area contributed by atoms with E-state index in [0.29, 0.717) is 49.1 Å². The molecular formula is C28H28N6O4. The first kappa shape index (κ1) is 26.0. The van der Waals surface area contributed by atoms with Gasteiger partial charge in [0, 0.05) is 29.2 Å². The van der Waals surface area contributed by atoms with Crippen molar-refractivity contribution < 1.29 is 14.4 Å². The lowest BCUT2D eigenvalue weighted by Crippen LogP contribution is -2.32. The number of non-ortho nitro benzene ring substituents is 1. The van der Waals surface area contributed by atoms with Gasteiger partial charge in [-0.2, -0.15) is 10.2 Å². The van der Waals surface area contributed by atoms with Gasteiger partial charge in [0.25, 0.3) is 5.69 Å². The Morgan fingerprint density at radius 2 is 1.08 bits per heavy atom. The second-order valence-electron chi connectivity index (χ2n) is 8.31. The van der Waals surface area contributed by atoms with E-state index in [2.05, 4.69) is 15.1 Å². The number of nitro groups is 1. The Hall–Kier alpha value is -5.12. The average molecular weight is 513 g/mol. The highest BCUT2D eigenvalue weighted by Gasteiger charge is 2.09. The van der Waals surface area contributed by atoms with E-state index in [4.69, 9.17) is 20.9 Å². The van der Waals surface area contributed by atoms with Crippen LogP contribution in [0.2, 0.25) is 0 Å². The number of nitrogens with zero attached hydrogens (tertiary/aromatic N) is 4. The third-order valence-corrected chi connectivity index (χ3v) is 5.58. The first-order valence-corrected chi connectivity index (χ1v) is 11.9. The minimum Gasteiger partial charge on any atom is -0.492 e. The number of ether oxygens (including phenoxy) is 2. The molecule has 194 valence electrons. The number of azo groups is 1. The van der Waals surface area contributed by atoms with Crippen molar-refractivity contribution in [3.8, 4) is 11.5 Å². The quantitative estimate of drug-likeness (QED) is 0.100. The number of nitro benzene ring substituents is 1. The van der Waals surface area contributed by atoms with Gasteiger partial charge in [-0.3, -0.25) is 10.1 Å². The largest absolute Gasteiger partial charge is 0.492 e. The number of rotatable bonds is 12. The topological polar surface area (TPSA) is 142 Å². The summed E-state index contributed by atoms with van der Waals surface area (Å²) < 4.78 is 11.8. The summed E-state index contributed by atoms with van der Waals surface area (Å²) in [4.78, 5) is 12.5. The van der Waals surface area contributed by atoms with Crippen LogP contribution in [0, 0.1) is 10.1 Å². The van der Waals surface area contributed by atoms with Crippen molar-refractivity contribution in [2.45, 2.75) is 0 Å². The van der Waals surface area contributed by atoms with Crippen molar-refractivity contribution in [3.05, 3.63) is 107 Å². The van der Waals surface area contributed by atoms with E-state index < -0.39 is 4.92 Å². The lowest BCUT2D eigenvalue weighted by atomic mass is 10.2. The summed E-state index contributed by atoms with van der Waals surface area (Å²) in [7, 11) is 0. The summed E-state index contributed by atoms with van der Waals surface area (Å²) >= 11 is 0. The number of hydrogen-bond acceptors (Lipinski definition) is 9. The Bertz CT molecular complexity index is 1290. The molecular weight excluding hydrogens is 484 g/mol. The van der Waals surface area contributed by atoms with Gasteiger partial charge in [0.15, 0.2) is 0 Å². The molecule has 4 N–H and O–H groups in total. The smallest absolute Gasteiger partial charge is 0.269 e. The Morgan fingerprint density at radius 3 is 1.50 bits per heavy atom. The highest BCUT2D eigenvalue weighted by atomic mass is 16.6. The van der Waals surface area contributed by atoms with Crippen LogP contribution >= 0.6 is 0 Å². The van der Waals surface area contributed by atoms with Crippen LogP contribution in [0.3, 0.4) is 0 Å². The molecule has 0 saturated carbocycles. The lowest BCUT2D eigenvalue weighted by Gasteiger charge is -2.25. The maximum Gasteiger partial charge on any atom is 0.269 e. The fourth-order valence-corrected chi connectivity index (χ4v) is 3.53. The van der Waals surface area contributed by atoms with Gasteiger partial charge in [-0.1, -0.05) is 0 Å². The zero-order valence-electron chi connectivity index (χ0n) is 20.6. The summed E-state index contributed by atoms with van der Waals surface area (Å²) in [6, 6.07) is 28.1. The molecule has 0 heterocycles. The van der Waals surface area contributed by atoms with Gasteiger partial charge in [-0.25, -0.2) is 0 Å². The van der Waals surface area contributed by atoms with Gasteiger partial charge in [-0.15, -0.1) is 0 Å². The number of nitrogen functional groups attached to an aromatic ring is 2. The predicted octanol–water partition coefficient (Wildman–Crippen LogP) is 6.14. The second-order valence-corrected chi connectivity index (χ2v) is 8.31. The summed E-state index contributed by atoms with van der Waals surface area (Å²) in [6.07, 6.45) is 0. The predicted molar refractivity (Wildman–Crippen MR) is 149 cm³/mol. The molecule has 10 heteroatoms. The molecule has 4 rings (SSSR count). The third-order valence-electron chi connectivity index (χ3n) is 5.58. The Kier molecular flexibility index (Phi) is 8.69. The van der Waals surface area contributed by atoms with E-state index in [1.54, 1.807) is 36.4 Å². The second kappa shape index (κ2) is 12.7. The SMILES string of the molecule is Nc1ccc(OCCN(CCOc2ccc(N)cc2)c2ccc(N=Nc3ccc([N+](=O)[O-])cc3)cc2)cc1. The van der Waals surface area contributed by atoms with E-state index >= 15 is 0 Å². The normalized spacial score (nSPS) is 10.8. The highest BCUT2D eigenvalue weighted by Crippen LogP contribution is 2.24. The molecule has 0 aliphatic rings. The molecule has 0 spiro atoms. The van der Waals surface area contributed by atoms with Crippen LogP contribution in [0.4, 0.5) is 34.1 Å². The van der Waals surface area contributed by atoms with Gasteiger partial charge >= 0.3 is 0 Å². The standard InChI is InChI=1S/C28H28N6O4/c29-21-1-13-27(14-2-21)37-19-17-33(18-20-38-28-15-3-22(30)4-16-28)25-9-5-23(6-10-25)31-32-24-7-11-26(12-8-24)34(35)36/h1-16H,17-20,29-30H2. The molecule has 0 aromatic heterocycles. The molecule has 0 aliphatic carbocycles. The molecule has 38 heavy (non-hydrogen) atoms. The highest BCUT2D eigenvalue weighted by molar-refractivity contribution is 5.53. The molecule has 0 aliphatic heterocycles. The van der Waals surface area contributed by atoms with Crippen molar-refractivity contribution in [1.29, 1.82) is 0 Å². The Balaban J connectivity index is 1.39. The number of nitrogens with two attached hydrogens (primary N) is 2. The maximum absolute atomic E-state index is 10.8. The van der Waals surface area contributed by atoms with Crippen LogP contribution in [-0.4, -0.2) is 31.2 Å². The molecule has 10 nitrogen and oxygen atoms in total. The van der Waals surface area contributed by atoms with E-state index in [1.165, 1.54) is 12.1 Å². The minimum atomic E-state index is -0.451. The van der Waals surface area contributed by atoms with E-state index in [0.717, 1.165) is 17.2 Å². The fourth-order valence-electron chi connectivity index (χ4n) is 3.53. The molecule has 0 atom stereocenters. The van der Waals surface area contributed by atoms with Crippen LogP contribution in [0.1, 0.15) is 0 Å². The fraction of sp³-hybridized carbons (Fsp3) is 0.143. The van der Waals surface area contributed by atoms with Crippen LogP contribution < -0.4 is 25.8 Å². The lowest BCUT2D eigenvalue weighted by molar-refractivity contribution is -0.384. The summed E-state index contributed by atoms with van der Waals surface area (Å²) in [6.45, 7) is 2.18. The van der Waals surface area contributed by atoms with Crippen molar-refractivity contribution in [3.63, 3.8) is 0 Å². The maximum atomic E-state index is 10.8. The number of benzene rings is 4. The minimum absolute atomic E-state index is 0.00847. The Morgan fingerprint density at radius 1 is 0.658 bits per heavy atom. The van der Waals surface area contributed by atoms with Gasteiger partial charge in [0.1, 0.15) is 24.7 Å². The molecule has 4 aromatic rings. The van der Waals surface area contributed by atoms with E-state index in [-0.39, 0.29) is 5.69 Å². The van der Waals surface area contributed by atoms with Crippen LogP contribution in [0.5, 0.6) is 11.5 Å². The zero-order chi connectivity index (χ0) is 26.7. The van der Waals surface area contributed by atoms with Crippen LogP contribution in [0.25, 0.3) is 0 Å². The molecule has 0 saturated heterocycles. The van der Waals surface area contributed by atoms with Gasteiger partial charge in [-0.05, 0) is 84.9 Å². The van der Waals surface area contributed by atoms with Gasteiger partial charge in [0.05, 0.1) is 29.4 Å². The molecule has 0 bridgehead atoms. The first-order chi connectivity index (χ1) is 18.5. The van der Waals surface area contributed by atoms with Gasteiger partial charge in [0.2, 0.25) is 0 Å². The van der Waals surface area contributed by atoms with Crippen LogP contribution in [0.15, 0.2) is 107 Å². The monoisotopic (exact) mass is 512 g/mol.